The van der Waals surface area contributed by atoms with Gasteiger partial charge in [-0.1, -0.05) is 20.3 Å². The van der Waals surface area contributed by atoms with Crippen molar-refractivity contribution in [2.75, 3.05) is 18.0 Å². The number of aliphatic carboxylic acids is 1. The van der Waals surface area contributed by atoms with Crippen molar-refractivity contribution in [1.82, 2.24) is 9.36 Å². The molecule has 0 saturated carbocycles. The number of anilines is 1. The topological polar surface area (TPSA) is 66.3 Å². The average Bonchev–Trinajstić information content (AvgIpc) is 2.97. The lowest BCUT2D eigenvalue weighted by Gasteiger charge is -2.23. The highest BCUT2D eigenvalue weighted by Crippen LogP contribution is 2.38. The molecule has 1 atom stereocenters. The summed E-state index contributed by atoms with van der Waals surface area (Å²) in [6.45, 7) is 5.48. The van der Waals surface area contributed by atoms with Gasteiger partial charge in [-0.25, -0.2) is 4.98 Å². The van der Waals surface area contributed by atoms with Gasteiger partial charge in [-0.2, -0.15) is 4.37 Å². The summed E-state index contributed by atoms with van der Waals surface area (Å²) in [7, 11) is 0. The Morgan fingerprint density at radius 3 is 2.89 bits per heavy atom. The molecule has 1 saturated heterocycles. The van der Waals surface area contributed by atoms with Gasteiger partial charge < -0.3 is 10.0 Å². The Morgan fingerprint density at radius 1 is 1.47 bits per heavy atom. The number of carbonyl (C=O) groups is 1. The van der Waals surface area contributed by atoms with Crippen molar-refractivity contribution in [3.63, 3.8) is 0 Å². The molecule has 1 unspecified atom stereocenters. The van der Waals surface area contributed by atoms with Gasteiger partial charge in [0, 0.05) is 31.0 Å². The summed E-state index contributed by atoms with van der Waals surface area (Å²) in [6.07, 6.45) is 4.27. The van der Waals surface area contributed by atoms with E-state index < -0.39 is 11.4 Å². The summed E-state index contributed by atoms with van der Waals surface area (Å²) < 4.78 is 4.33. The van der Waals surface area contributed by atoms with Crippen LogP contribution >= 0.6 is 11.5 Å². The Morgan fingerprint density at radius 2 is 2.26 bits per heavy atom. The minimum atomic E-state index is -0.671. The lowest BCUT2D eigenvalue weighted by molar-refractivity contribution is -0.148. The predicted molar refractivity (Wildman–Crippen MR) is 75.7 cm³/mol. The quantitative estimate of drug-likeness (QED) is 0.869. The van der Waals surface area contributed by atoms with E-state index in [2.05, 4.69) is 21.2 Å². The minimum Gasteiger partial charge on any atom is -0.481 e. The number of aromatic nitrogens is 2. The van der Waals surface area contributed by atoms with Gasteiger partial charge in [0.25, 0.3) is 0 Å². The fourth-order valence-electron chi connectivity index (χ4n) is 2.70. The SMILES string of the molecule is CCCc1nsc(N2CCC(CCC)(C(=O)O)C2)n1. The smallest absolute Gasteiger partial charge is 0.311 e. The van der Waals surface area contributed by atoms with Crippen LogP contribution in [0.5, 0.6) is 0 Å². The Balaban J connectivity index is 2.09. The number of aryl methyl sites for hydroxylation is 1. The molecule has 19 heavy (non-hydrogen) atoms. The van der Waals surface area contributed by atoms with Gasteiger partial charge in [0.15, 0.2) is 0 Å². The van der Waals surface area contributed by atoms with Crippen molar-refractivity contribution in [2.45, 2.75) is 46.0 Å². The van der Waals surface area contributed by atoms with Crippen molar-refractivity contribution in [3.8, 4) is 0 Å². The predicted octanol–water partition coefficient (Wildman–Crippen LogP) is 2.57. The fraction of sp³-hybridized carbons (Fsp3) is 0.769. The van der Waals surface area contributed by atoms with Crippen molar-refractivity contribution >= 4 is 22.6 Å². The van der Waals surface area contributed by atoms with Gasteiger partial charge in [-0.15, -0.1) is 0 Å². The van der Waals surface area contributed by atoms with E-state index in [1.54, 1.807) is 0 Å². The summed E-state index contributed by atoms with van der Waals surface area (Å²) >= 11 is 1.39. The zero-order valence-electron chi connectivity index (χ0n) is 11.6. The lowest BCUT2D eigenvalue weighted by Crippen LogP contribution is -2.34. The molecule has 2 rings (SSSR count). The van der Waals surface area contributed by atoms with Crippen molar-refractivity contribution in [2.24, 2.45) is 5.41 Å². The third-order valence-corrected chi connectivity index (χ3v) is 4.55. The normalized spacial score (nSPS) is 22.9. The second kappa shape index (κ2) is 5.86. The fourth-order valence-corrected chi connectivity index (χ4v) is 3.43. The van der Waals surface area contributed by atoms with Crippen LogP contribution in [0.25, 0.3) is 0 Å². The second-order valence-corrected chi connectivity index (χ2v) is 5.98. The number of rotatable bonds is 6. The van der Waals surface area contributed by atoms with E-state index in [0.717, 1.165) is 43.2 Å². The molecule has 1 N–H and O–H groups in total. The first-order valence-electron chi connectivity index (χ1n) is 6.92. The Hall–Kier alpha value is -1.17. The first-order chi connectivity index (χ1) is 9.11. The van der Waals surface area contributed by atoms with Gasteiger partial charge in [-0.05, 0) is 19.3 Å². The summed E-state index contributed by atoms with van der Waals surface area (Å²) in [5.41, 5.74) is -0.592. The highest BCUT2D eigenvalue weighted by Gasteiger charge is 2.44. The molecule has 0 bridgehead atoms. The third-order valence-electron chi connectivity index (χ3n) is 3.74. The highest BCUT2D eigenvalue weighted by molar-refractivity contribution is 7.09. The summed E-state index contributed by atoms with van der Waals surface area (Å²) in [5, 5.41) is 10.4. The molecule has 0 radical (unpaired) electrons. The molecular formula is C13H21N3O2S. The number of hydrogen-bond acceptors (Lipinski definition) is 5. The van der Waals surface area contributed by atoms with Crippen LogP contribution in [0.3, 0.4) is 0 Å². The molecule has 0 spiro atoms. The number of carboxylic acids is 1. The van der Waals surface area contributed by atoms with Gasteiger partial charge in [0.05, 0.1) is 5.41 Å². The molecule has 0 aromatic carbocycles. The van der Waals surface area contributed by atoms with Crippen LogP contribution in [0.2, 0.25) is 0 Å². The van der Waals surface area contributed by atoms with Crippen LogP contribution in [-0.2, 0) is 11.2 Å². The van der Waals surface area contributed by atoms with Crippen LogP contribution in [0.15, 0.2) is 0 Å². The molecule has 5 nitrogen and oxygen atoms in total. The second-order valence-electron chi connectivity index (χ2n) is 5.25. The van der Waals surface area contributed by atoms with E-state index in [4.69, 9.17) is 0 Å². The first-order valence-corrected chi connectivity index (χ1v) is 7.69. The van der Waals surface area contributed by atoms with Gasteiger partial charge >= 0.3 is 5.97 Å². The zero-order chi connectivity index (χ0) is 13.9. The first kappa shape index (κ1) is 14.2. The van der Waals surface area contributed by atoms with E-state index in [1.807, 2.05) is 6.92 Å². The third kappa shape index (κ3) is 2.88. The summed E-state index contributed by atoms with van der Waals surface area (Å²) in [5.74, 6) is 0.209. The molecule has 1 fully saturated rings. The van der Waals surface area contributed by atoms with Gasteiger partial charge in [0.1, 0.15) is 5.82 Å². The molecule has 0 aliphatic carbocycles. The van der Waals surface area contributed by atoms with Crippen LogP contribution in [-0.4, -0.2) is 33.5 Å². The molecule has 0 amide bonds. The Labute approximate surface area is 117 Å². The largest absolute Gasteiger partial charge is 0.481 e. The van der Waals surface area contributed by atoms with Crippen LogP contribution in [0.1, 0.15) is 45.4 Å². The monoisotopic (exact) mass is 283 g/mol. The van der Waals surface area contributed by atoms with Crippen molar-refractivity contribution in [1.29, 1.82) is 0 Å². The van der Waals surface area contributed by atoms with E-state index in [0.29, 0.717) is 13.0 Å². The minimum absolute atomic E-state index is 0.566. The number of carboxylic acid groups (broad SMARTS) is 1. The molecule has 6 heteroatoms. The lowest BCUT2D eigenvalue weighted by atomic mass is 9.83. The number of hydrogen-bond donors (Lipinski definition) is 1. The van der Waals surface area contributed by atoms with E-state index in [1.165, 1.54) is 11.5 Å². The zero-order valence-corrected chi connectivity index (χ0v) is 12.4. The van der Waals surface area contributed by atoms with Crippen molar-refractivity contribution in [3.05, 3.63) is 5.82 Å². The highest BCUT2D eigenvalue weighted by atomic mass is 32.1. The van der Waals surface area contributed by atoms with Crippen molar-refractivity contribution < 1.29 is 9.90 Å². The van der Waals surface area contributed by atoms with Crippen LogP contribution in [0, 0.1) is 5.41 Å². The molecule has 2 heterocycles. The standard InChI is InChI=1S/C13H21N3O2S/c1-3-5-10-14-12(19-15-10)16-8-7-13(9-16,6-4-2)11(17)18/h3-9H2,1-2H3,(H,17,18). The summed E-state index contributed by atoms with van der Waals surface area (Å²) in [6, 6.07) is 0. The summed E-state index contributed by atoms with van der Waals surface area (Å²) in [4.78, 5) is 18.1. The van der Waals surface area contributed by atoms with Crippen LogP contribution in [0.4, 0.5) is 5.13 Å². The maximum atomic E-state index is 11.5. The molecule has 1 aliphatic rings. The van der Waals surface area contributed by atoms with Crippen LogP contribution < -0.4 is 4.90 Å². The van der Waals surface area contributed by atoms with E-state index in [9.17, 15) is 9.90 Å². The average molecular weight is 283 g/mol. The van der Waals surface area contributed by atoms with Gasteiger partial charge in [0.2, 0.25) is 5.13 Å². The molecule has 1 aliphatic heterocycles. The van der Waals surface area contributed by atoms with Gasteiger partial charge in [-0.3, -0.25) is 4.79 Å². The number of nitrogens with zero attached hydrogens (tertiary/aromatic N) is 3. The Bertz CT molecular complexity index is 449. The van der Waals surface area contributed by atoms with E-state index in [-0.39, 0.29) is 0 Å². The molecular weight excluding hydrogens is 262 g/mol. The molecule has 1 aromatic rings. The molecule has 1 aromatic heterocycles. The maximum absolute atomic E-state index is 11.5. The molecule has 106 valence electrons. The maximum Gasteiger partial charge on any atom is 0.311 e. The Kier molecular flexibility index (Phi) is 4.39. The van der Waals surface area contributed by atoms with E-state index >= 15 is 0 Å².